The zero-order valence-corrected chi connectivity index (χ0v) is 15.2. The van der Waals surface area contributed by atoms with Gasteiger partial charge in [0.15, 0.2) is 0 Å². The Morgan fingerprint density at radius 1 is 0.667 bits per heavy atom. The van der Waals surface area contributed by atoms with Crippen LogP contribution in [0, 0.1) is 0 Å². The first-order valence-corrected chi connectivity index (χ1v) is 8.82. The summed E-state index contributed by atoms with van der Waals surface area (Å²) in [6.07, 6.45) is 6.75. The Kier molecular flexibility index (Phi) is 6.92. The summed E-state index contributed by atoms with van der Waals surface area (Å²) < 4.78 is 11.6. The highest BCUT2D eigenvalue weighted by molar-refractivity contribution is 5.70. The molecule has 2 aromatic rings. The molecule has 128 valence electrons. The monoisotopic (exact) mass is 324 g/mol. The fourth-order valence-electron chi connectivity index (χ4n) is 2.14. The van der Waals surface area contributed by atoms with Crippen LogP contribution in [0.15, 0.2) is 48.5 Å². The van der Waals surface area contributed by atoms with E-state index >= 15 is 0 Å². The molecule has 0 radical (unpaired) electrons. The molecule has 0 bridgehead atoms. The predicted octanol–water partition coefficient (Wildman–Crippen LogP) is 6.21. The molecule has 0 aromatic heterocycles. The van der Waals surface area contributed by atoms with Crippen molar-refractivity contribution in [3.8, 4) is 11.5 Å². The lowest BCUT2D eigenvalue weighted by Crippen LogP contribution is -2.09. The van der Waals surface area contributed by atoms with E-state index in [0.29, 0.717) is 0 Å². The van der Waals surface area contributed by atoms with E-state index in [1.165, 1.54) is 0 Å². The first-order valence-electron chi connectivity index (χ1n) is 8.82. The van der Waals surface area contributed by atoms with Crippen LogP contribution in [0.2, 0.25) is 0 Å². The molecule has 0 fully saturated rings. The molecule has 0 spiro atoms. The van der Waals surface area contributed by atoms with E-state index in [2.05, 4.69) is 64.1 Å². The van der Waals surface area contributed by atoms with Crippen LogP contribution in [0.3, 0.4) is 0 Å². The maximum Gasteiger partial charge on any atom is 0.119 e. The molecule has 2 atom stereocenters. The molecule has 0 aliphatic heterocycles. The molecule has 0 heterocycles. The van der Waals surface area contributed by atoms with Crippen molar-refractivity contribution < 1.29 is 9.47 Å². The van der Waals surface area contributed by atoms with Crippen LogP contribution in [-0.2, 0) is 0 Å². The second kappa shape index (κ2) is 9.17. The Morgan fingerprint density at radius 2 is 1.00 bits per heavy atom. The molecule has 24 heavy (non-hydrogen) atoms. The number of benzene rings is 2. The summed E-state index contributed by atoms with van der Waals surface area (Å²) in [6.45, 7) is 8.42. The van der Waals surface area contributed by atoms with Crippen LogP contribution in [0.4, 0.5) is 0 Å². The maximum atomic E-state index is 5.80. The van der Waals surface area contributed by atoms with E-state index in [9.17, 15) is 0 Å². The summed E-state index contributed by atoms with van der Waals surface area (Å²) in [5, 5.41) is 0. The fraction of sp³-hybridized carbons (Fsp3) is 0.364. The third-order valence-corrected chi connectivity index (χ3v) is 4.05. The van der Waals surface area contributed by atoms with Gasteiger partial charge in [0, 0.05) is 0 Å². The van der Waals surface area contributed by atoms with Gasteiger partial charge in [0.1, 0.15) is 11.5 Å². The number of hydrogen-bond donors (Lipinski definition) is 0. The highest BCUT2D eigenvalue weighted by Crippen LogP contribution is 2.18. The van der Waals surface area contributed by atoms with Gasteiger partial charge in [-0.25, -0.2) is 0 Å². The summed E-state index contributed by atoms with van der Waals surface area (Å²) in [6, 6.07) is 16.4. The summed E-state index contributed by atoms with van der Waals surface area (Å²) >= 11 is 0. The molecule has 2 rings (SSSR count). The second-order valence-electron chi connectivity index (χ2n) is 6.14. The van der Waals surface area contributed by atoms with Crippen molar-refractivity contribution in [2.75, 3.05) is 0 Å². The van der Waals surface area contributed by atoms with Crippen LogP contribution in [0.25, 0.3) is 12.2 Å². The van der Waals surface area contributed by atoms with E-state index in [0.717, 1.165) is 35.5 Å². The molecule has 2 nitrogen and oxygen atoms in total. The van der Waals surface area contributed by atoms with Crippen molar-refractivity contribution in [3.05, 3.63) is 59.7 Å². The molecule has 2 aromatic carbocycles. The molecule has 0 amide bonds. The van der Waals surface area contributed by atoms with Crippen molar-refractivity contribution in [1.82, 2.24) is 0 Å². The molecule has 0 saturated carbocycles. The van der Waals surface area contributed by atoms with Gasteiger partial charge in [0.25, 0.3) is 0 Å². The summed E-state index contributed by atoms with van der Waals surface area (Å²) in [5.41, 5.74) is 2.32. The van der Waals surface area contributed by atoms with Gasteiger partial charge in [-0.2, -0.15) is 0 Å². The van der Waals surface area contributed by atoms with Crippen molar-refractivity contribution in [2.24, 2.45) is 0 Å². The lowest BCUT2D eigenvalue weighted by atomic mass is 10.1. The molecule has 0 aliphatic carbocycles. The summed E-state index contributed by atoms with van der Waals surface area (Å²) in [5.74, 6) is 1.85. The minimum Gasteiger partial charge on any atom is -0.491 e. The number of rotatable bonds is 8. The molecule has 2 unspecified atom stereocenters. The predicted molar refractivity (Wildman–Crippen MR) is 103 cm³/mol. The summed E-state index contributed by atoms with van der Waals surface area (Å²) in [4.78, 5) is 0. The number of hydrogen-bond acceptors (Lipinski definition) is 2. The van der Waals surface area contributed by atoms with E-state index < -0.39 is 0 Å². The molecular weight excluding hydrogens is 296 g/mol. The summed E-state index contributed by atoms with van der Waals surface area (Å²) in [7, 11) is 0. The van der Waals surface area contributed by atoms with Crippen LogP contribution in [0.1, 0.15) is 51.7 Å². The average Bonchev–Trinajstić information content (AvgIpc) is 2.62. The normalized spacial score (nSPS) is 13.7. The standard InChI is InChI=1S/C22H28O2/c1-5-17(3)23-21-13-9-19(10-14-21)7-8-20-11-15-22(16-12-20)24-18(4)6-2/h7-18H,5-6H2,1-4H3. The highest BCUT2D eigenvalue weighted by atomic mass is 16.5. The van der Waals surface area contributed by atoms with Gasteiger partial charge in [-0.05, 0) is 62.1 Å². The zero-order valence-electron chi connectivity index (χ0n) is 15.2. The average molecular weight is 324 g/mol. The van der Waals surface area contributed by atoms with E-state index in [1.54, 1.807) is 0 Å². The van der Waals surface area contributed by atoms with Gasteiger partial charge in [-0.15, -0.1) is 0 Å². The SMILES string of the molecule is CCC(C)Oc1ccc(C=Cc2ccc(OC(C)CC)cc2)cc1. The highest BCUT2D eigenvalue weighted by Gasteiger charge is 2.01. The van der Waals surface area contributed by atoms with Gasteiger partial charge >= 0.3 is 0 Å². The minimum absolute atomic E-state index is 0.252. The molecular formula is C22H28O2. The van der Waals surface area contributed by atoms with Gasteiger partial charge in [0.2, 0.25) is 0 Å². The zero-order chi connectivity index (χ0) is 17.4. The van der Waals surface area contributed by atoms with Crippen molar-refractivity contribution in [3.63, 3.8) is 0 Å². The largest absolute Gasteiger partial charge is 0.491 e. The van der Waals surface area contributed by atoms with Gasteiger partial charge in [-0.3, -0.25) is 0 Å². The van der Waals surface area contributed by atoms with Crippen LogP contribution >= 0.6 is 0 Å². The molecule has 0 saturated heterocycles. The Balaban J connectivity index is 1.95. The second-order valence-corrected chi connectivity index (χ2v) is 6.14. The third-order valence-electron chi connectivity index (χ3n) is 4.05. The van der Waals surface area contributed by atoms with Crippen LogP contribution < -0.4 is 9.47 Å². The van der Waals surface area contributed by atoms with Crippen molar-refractivity contribution in [2.45, 2.75) is 52.7 Å². The number of ether oxygens (including phenoxy) is 2. The Hall–Kier alpha value is -2.22. The lowest BCUT2D eigenvalue weighted by molar-refractivity contribution is 0.217. The molecule has 2 heteroatoms. The van der Waals surface area contributed by atoms with E-state index in [1.807, 2.05) is 24.3 Å². The smallest absolute Gasteiger partial charge is 0.119 e. The van der Waals surface area contributed by atoms with Crippen LogP contribution in [-0.4, -0.2) is 12.2 Å². The third kappa shape index (κ3) is 5.77. The maximum absolute atomic E-state index is 5.80. The topological polar surface area (TPSA) is 18.5 Å². The van der Waals surface area contributed by atoms with Crippen molar-refractivity contribution in [1.29, 1.82) is 0 Å². The van der Waals surface area contributed by atoms with E-state index in [4.69, 9.17) is 9.47 Å². The minimum atomic E-state index is 0.252. The Labute approximate surface area is 146 Å². The van der Waals surface area contributed by atoms with Gasteiger partial charge in [0.05, 0.1) is 12.2 Å². The molecule has 0 N–H and O–H groups in total. The van der Waals surface area contributed by atoms with Crippen LogP contribution in [0.5, 0.6) is 11.5 Å². The molecule has 0 aliphatic rings. The first kappa shape index (κ1) is 18.1. The lowest BCUT2D eigenvalue weighted by Gasteiger charge is -2.12. The van der Waals surface area contributed by atoms with E-state index in [-0.39, 0.29) is 12.2 Å². The fourth-order valence-corrected chi connectivity index (χ4v) is 2.14. The Bertz CT molecular complexity index is 569. The van der Waals surface area contributed by atoms with Gasteiger partial charge < -0.3 is 9.47 Å². The quantitative estimate of drug-likeness (QED) is 0.537. The first-order chi connectivity index (χ1) is 11.6. The van der Waals surface area contributed by atoms with Gasteiger partial charge in [-0.1, -0.05) is 50.3 Å². The Morgan fingerprint density at radius 3 is 1.29 bits per heavy atom. The van der Waals surface area contributed by atoms with Crippen molar-refractivity contribution >= 4 is 12.2 Å².